The van der Waals surface area contributed by atoms with Crippen molar-refractivity contribution in [1.82, 2.24) is 5.32 Å². The molecule has 0 bridgehead atoms. The molecule has 1 aliphatic rings. The maximum Gasteiger partial charge on any atom is 0.0733 e. The molecule has 0 spiro atoms. The number of hydrogen-bond donors (Lipinski definition) is 1. The highest BCUT2D eigenvalue weighted by atomic mass is 16.5. The second-order valence-electron chi connectivity index (χ2n) is 7.54. The molecule has 0 aliphatic heterocycles. The molecule has 0 amide bonds. The van der Waals surface area contributed by atoms with Gasteiger partial charge in [-0.25, -0.2) is 0 Å². The Bertz CT molecular complexity index is 409. The van der Waals surface area contributed by atoms with Gasteiger partial charge in [-0.1, -0.05) is 51.1 Å². The molecular formula is C19H31NO. The van der Waals surface area contributed by atoms with E-state index in [2.05, 4.69) is 63.5 Å². The molecule has 1 saturated carbocycles. The highest BCUT2D eigenvalue weighted by Gasteiger charge is 2.31. The lowest BCUT2D eigenvalue weighted by Gasteiger charge is -2.36. The summed E-state index contributed by atoms with van der Waals surface area (Å²) in [6.07, 6.45) is 5.07. The average Bonchev–Trinajstić information content (AvgIpc) is 2.47. The van der Waals surface area contributed by atoms with Crippen molar-refractivity contribution < 1.29 is 4.74 Å². The summed E-state index contributed by atoms with van der Waals surface area (Å²) < 4.78 is 6.25. The maximum absolute atomic E-state index is 6.25. The molecule has 2 heteroatoms. The summed E-state index contributed by atoms with van der Waals surface area (Å²) in [5.74, 6) is 0.649. The Kier molecular flexibility index (Phi) is 5.83. The second-order valence-corrected chi connectivity index (χ2v) is 7.54. The monoisotopic (exact) mass is 289 g/mol. The van der Waals surface area contributed by atoms with E-state index in [1.54, 1.807) is 0 Å². The van der Waals surface area contributed by atoms with Crippen LogP contribution in [0.4, 0.5) is 0 Å². The van der Waals surface area contributed by atoms with E-state index >= 15 is 0 Å². The number of ether oxygens (including phenoxy) is 1. The van der Waals surface area contributed by atoms with Crippen molar-refractivity contribution in [1.29, 1.82) is 0 Å². The summed E-state index contributed by atoms with van der Waals surface area (Å²) in [4.78, 5) is 0. The minimum Gasteiger partial charge on any atom is -0.377 e. The van der Waals surface area contributed by atoms with E-state index in [9.17, 15) is 0 Å². The number of rotatable bonds is 5. The van der Waals surface area contributed by atoms with E-state index in [-0.39, 0.29) is 0 Å². The summed E-state index contributed by atoms with van der Waals surface area (Å²) >= 11 is 0. The third kappa shape index (κ3) is 5.12. The molecule has 1 aliphatic carbocycles. The van der Waals surface area contributed by atoms with Crippen LogP contribution < -0.4 is 5.32 Å². The molecule has 0 aromatic heterocycles. The van der Waals surface area contributed by atoms with Crippen LogP contribution in [0, 0.1) is 5.41 Å². The molecule has 0 heterocycles. The van der Waals surface area contributed by atoms with Crippen LogP contribution in [0.5, 0.6) is 0 Å². The number of nitrogens with one attached hydrogen (secondary N) is 1. The maximum atomic E-state index is 6.25. The van der Waals surface area contributed by atoms with Gasteiger partial charge in [0.1, 0.15) is 0 Å². The van der Waals surface area contributed by atoms with Gasteiger partial charge in [0.25, 0.3) is 0 Å². The lowest BCUT2D eigenvalue weighted by atomic mass is 9.80. The molecule has 21 heavy (non-hydrogen) atoms. The molecule has 1 aromatic carbocycles. The largest absolute Gasteiger partial charge is 0.377 e. The van der Waals surface area contributed by atoms with Crippen molar-refractivity contribution in [2.45, 2.75) is 64.5 Å². The van der Waals surface area contributed by atoms with Crippen LogP contribution >= 0.6 is 0 Å². The summed E-state index contributed by atoms with van der Waals surface area (Å²) in [6.45, 7) is 7.70. The summed E-state index contributed by atoms with van der Waals surface area (Å²) in [5, 5.41) is 3.45. The predicted octanol–water partition coefficient (Wildman–Crippen LogP) is 4.36. The molecule has 118 valence electrons. The number of benzene rings is 1. The number of likely N-dealkylation sites (N-methyl/N-ethyl adjacent to an activating group) is 1. The number of hydrogen-bond acceptors (Lipinski definition) is 2. The predicted molar refractivity (Wildman–Crippen MR) is 89.7 cm³/mol. The quantitative estimate of drug-likeness (QED) is 0.869. The van der Waals surface area contributed by atoms with Crippen LogP contribution in [-0.4, -0.2) is 25.8 Å². The van der Waals surface area contributed by atoms with Crippen molar-refractivity contribution in [3.05, 3.63) is 35.9 Å². The van der Waals surface area contributed by atoms with Gasteiger partial charge in [-0.05, 0) is 49.6 Å². The first-order valence-electron chi connectivity index (χ1n) is 8.33. The third-order valence-corrected chi connectivity index (χ3v) is 4.62. The summed E-state index contributed by atoms with van der Waals surface area (Å²) in [5.41, 5.74) is 1.82. The van der Waals surface area contributed by atoms with E-state index in [1.165, 1.54) is 18.4 Å². The fourth-order valence-electron chi connectivity index (χ4n) is 3.19. The second kappa shape index (κ2) is 7.42. The first kappa shape index (κ1) is 16.5. The van der Waals surface area contributed by atoms with Crippen LogP contribution in [0.1, 0.15) is 57.9 Å². The fraction of sp³-hybridized carbons (Fsp3) is 0.684. The molecule has 3 atom stereocenters. The highest BCUT2D eigenvalue weighted by molar-refractivity contribution is 5.20. The van der Waals surface area contributed by atoms with Crippen LogP contribution in [0.25, 0.3) is 0 Å². The third-order valence-electron chi connectivity index (χ3n) is 4.62. The van der Waals surface area contributed by atoms with Gasteiger partial charge >= 0.3 is 0 Å². The van der Waals surface area contributed by atoms with E-state index in [1.807, 2.05) is 0 Å². The van der Waals surface area contributed by atoms with Crippen molar-refractivity contribution in [3.8, 4) is 0 Å². The van der Waals surface area contributed by atoms with Crippen LogP contribution in [0.2, 0.25) is 0 Å². The van der Waals surface area contributed by atoms with E-state index in [0.29, 0.717) is 23.5 Å². The topological polar surface area (TPSA) is 21.3 Å². The minimum atomic E-state index is 0.344. The molecule has 2 nitrogen and oxygen atoms in total. The standard InChI is InChI=1S/C19H31NO/c1-19(2,3)12-13-21-18-14-16(10-11-17(18)20-4)15-8-6-5-7-9-15/h5-9,16-18,20H,10-14H2,1-4H3. The van der Waals surface area contributed by atoms with Gasteiger partial charge in [0.15, 0.2) is 0 Å². The van der Waals surface area contributed by atoms with Gasteiger partial charge in [0.2, 0.25) is 0 Å². The molecule has 3 unspecified atom stereocenters. The lowest BCUT2D eigenvalue weighted by Crippen LogP contribution is -2.43. The first-order chi connectivity index (χ1) is 9.99. The zero-order valence-electron chi connectivity index (χ0n) is 14.1. The van der Waals surface area contributed by atoms with E-state index in [0.717, 1.165) is 19.4 Å². The Morgan fingerprint density at radius 1 is 1.14 bits per heavy atom. The Hall–Kier alpha value is -0.860. The van der Waals surface area contributed by atoms with Gasteiger partial charge < -0.3 is 10.1 Å². The van der Waals surface area contributed by atoms with E-state index in [4.69, 9.17) is 4.74 Å². The van der Waals surface area contributed by atoms with Gasteiger partial charge in [-0.3, -0.25) is 0 Å². The normalized spacial score (nSPS) is 26.8. The lowest BCUT2D eigenvalue weighted by molar-refractivity contribution is -0.00847. The molecule has 0 radical (unpaired) electrons. The smallest absolute Gasteiger partial charge is 0.0733 e. The zero-order chi connectivity index (χ0) is 15.3. The highest BCUT2D eigenvalue weighted by Crippen LogP contribution is 2.34. The van der Waals surface area contributed by atoms with Crippen molar-refractivity contribution in [2.24, 2.45) is 5.41 Å². The van der Waals surface area contributed by atoms with Gasteiger partial charge in [-0.15, -0.1) is 0 Å². The summed E-state index contributed by atoms with van der Waals surface area (Å²) in [7, 11) is 2.06. The Labute approximate surface area is 130 Å². The van der Waals surface area contributed by atoms with Crippen molar-refractivity contribution in [2.75, 3.05) is 13.7 Å². The molecule has 1 N–H and O–H groups in total. The molecule has 1 fully saturated rings. The SMILES string of the molecule is CNC1CCC(c2ccccc2)CC1OCCC(C)(C)C. The first-order valence-corrected chi connectivity index (χ1v) is 8.33. The zero-order valence-corrected chi connectivity index (χ0v) is 14.1. The average molecular weight is 289 g/mol. The molecular weight excluding hydrogens is 258 g/mol. The fourth-order valence-corrected chi connectivity index (χ4v) is 3.19. The van der Waals surface area contributed by atoms with Crippen LogP contribution in [0.15, 0.2) is 30.3 Å². The van der Waals surface area contributed by atoms with Crippen molar-refractivity contribution >= 4 is 0 Å². The minimum absolute atomic E-state index is 0.344. The van der Waals surface area contributed by atoms with Gasteiger partial charge in [0, 0.05) is 12.6 Å². The molecule has 1 aromatic rings. The van der Waals surface area contributed by atoms with Crippen LogP contribution in [0.3, 0.4) is 0 Å². The Morgan fingerprint density at radius 3 is 2.48 bits per heavy atom. The van der Waals surface area contributed by atoms with Crippen molar-refractivity contribution in [3.63, 3.8) is 0 Å². The van der Waals surface area contributed by atoms with Gasteiger partial charge in [-0.2, -0.15) is 0 Å². The van der Waals surface area contributed by atoms with Gasteiger partial charge in [0.05, 0.1) is 6.10 Å². The molecule has 2 rings (SSSR count). The Morgan fingerprint density at radius 2 is 1.86 bits per heavy atom. The summed E-state index contributed by atoms with van der Waals surface area (Å²) in [6, 6.07) is 11.4. The van der Waals surface area contributed by atoms with E-state index < -0.39 is 0 Å². The molecule has 0 saturated heterocycles. The Balaban J connectivity index is 1.93. The van der Waals surface area contributed by atoms with Crippen LogP contribution in [-0.2, 0) is 4.74 Å².